The van der Waals surface area contributed by atoms with Crippen molar-refractivity contribution in [2.24, 2.45) is 17.3 Å². The Kier molecular flexibility index (Phi) is 4.26. The number of ether oxygens (including phenoxy) is 1. The monoisotopic (exact) mass is 225 g/mol. The van der Waals surface area contributed by atoms with Crippen LogP contribution in [0, 0.1) is 17.3 Å². The molecule has 2 unspecified atom stereocenters. The topological polar surface area (TPSA) is 21.3 Å². The Morgan fingerprint density at radius 1 is 1.25 bits per heavy atom. The first kappa shape index (κ1) is 12.4. The molecule has 94 valence electrons. The standard InChI is InChI=1S/C14H27NO/c1-3-12-5-4-6-13(7-12)8-15-9-14(2)10-16-11-14/h12-13,15H,3-11H2,1-2H3. The van der Waals surface area contributed by atoms with Crippen molar-refractivity contribution in [3.05, 3.63) is 0 Å². The van der Waals surface area contributed by atoms with Crippen LogP contribution in [-0.2, 0) is 4.74 Å². The summed E-state index contributed by atoms with van der Waals surface area (Å²) in [6, 6.07) is 0. The normalized spacial score (nSPS) is 33.4. The number of rotatable bonds is 5. The highest BCUT2D eigenvalue weighted by Crippen LogP contribution is 2.31. The Morgan fingerprint density at radius 2 is 2.00 bits per heavy atom. The Hall–Kier alpha value is -0.0800. The molecule has 2 aliphatic rings. The van der Waals surface area contributed by atoms with Gasteiger partial charge in [-0.25, -0.2) is 0 Å². The van der Waals surface area contributed by atoms with Gasteiger partial charge >= 0.3 is 0 Å². The fourth-order valence-corrected chi connectivity index (χ4v) is 3.09. The minimum Gasteiger partial charge on any atom is -0.380 e. The quantitative estimate of drug-likeness (QED) is 0.777. The summed E-state index contributed by atoms with van der Waals surface area (Å²) >= 11 is 0. The van der Waals surface area contributed by atoms with E-state index in [0.29, 0.717) is 5.41 Å². The van der Waals surface area contributed by atoms with Crippen LogP contribution >= 0.6 is 0 Å². The highest BCUT2D eigenvalue weighted by molar-refractivity contribution is 4.83. The molecular formula is C14H27NO. The van der Waals surface area contributed by atoms with Crippen molar-refractivity contribution in [1.29, 1.82) is 0 Å². The summed E-state index contributed by atoms with van der Waals surface area (Å²) in [7, 11) is 0. The van der Waals surface area contributed by atoms with Crippen LogP contribution in [-0.4, -0.2) is 26.3 Å². The molecule has 2 atom stereocenters. The van der Waals surface area contributed by atoms with Crippen LogP contribution in [0.2, 0.25) is 0 Å². The van der Waals surface area contributed by atoms with Crippen LogP contribution in [0.15, 0.2) is 0 Å². The summed E-state index contributed by atoms with van der Waals surface area (Å²) in [5.41, 5.74) is 0.429. The van der Waals surface area contributed by atoms with Gasteiger partial charge in [-0.05, 0) is 31.2 Å². The third kappa shape index (κ3) is 3.21. The van der Waals surface area contributed by atoms with Crippen molar-refractivity contribution < 1.29 is 4.74 Å². The van der Waals surface area contributed by atoms with E-state index >= 15 is 0 Å². The Labute approximate surface area is 100 Å². The van der Waals surface area contributed by atoms with Gasteiger partial charge in [0.05, 0.1) is 13.2 Å². The molecule has 1 aliphatic carbocycles. The van der Waals surface area contributed by atoms with Crippen LogP contribution < -0.4 is 5.32 Å². The van der Waals surface area contributed by atoms with Gasteiger partial charge in [0.25, 0.3) is 0 Å². The molecule has 0 bridgehead atoms. The summed E-state index contributed by atoms with van der Waals surface area (Å²) in [6.07, 6.45) is 7.19. The highest BCUT2D eigenvalue weighted by Gasteiger charge is 2.33. The van der Waals surface area contributed by atoms with Crippen molar-refractivity contribution in [3.63, 3.8) is 0 Å². The van der Waals surface area contributed by atoms with Crippen LogP contribution in [0.5, 0.6) is 0 Å². The average Bonchev–Trinajstić information content (AvgIpc) is 2.27. The number of hydrogen-bond donors (Lipinski definition) is 1. The summed E-state index contributed by atoms with van der Waals surface area (Å²) in [4.78, 5) is 0. The Balaban J connectivity index is 1.61. The first-order valence-corrected chi connectivity index (χ1v) is 7.00. The van der Waals surface area contributed by atoms with Gasteiger partial charge in [0.2, 0.25) is 0 Å². The minimum absolute atomic E-state index is 0.429. The number of hydrogen-bond acceptors (Lipinski definition) is 2. The second kappa shape index (κ2) is 5.50. The number of nitrogens with one attached hydrogen (secondary N) is 1. The SMILES string of the molecule is CCC1CCCC(CNCC2(C)COC2)C1. The van der Waals surface area contributed by atoms with E-state index in [2.05, 4.69) is 19.2 Å². The molecule has 1 saturated carbocycles. The summed E-state index contributed by atoms with van der Waals surface area (Å²) in [5, 5.41) is 3.66. The van der Waals surface area contributed by atoms with Gasteiger partial charge in [-0.15, -0.1) is 0 Å². The summed E-state index contributed by atoms with van der Waals surface area (Å²) < 4.78 is 5.27. The average molecular weight is 225 g/mol. The van der Waals surface area contributed by atoms with E-state index in [1.54, 1.807) is 0 Å². The zero-order valence-electron chi connectivity index (χ0n) is 10.9. The van der Waals surface area contributed by atoms with Gasteiger partial charge in [-0.1, -0.05) is 33.1 Å². The molecule has 2 rings (SSSR count). The first-order chi connectivity index (χ1) is 7.72. The van der Waals surface area contributed by atoms with E-state index < -0.39 is 0 Å². The maximum absolute atomic E-state index is 5.27. The lowest BCUT2D eigenvalue weighted by molar-refractivity contribution is -0.0993. The van der Waals surface area contributed by atoms with E-state index in [0.717, 1.165) is 31.6 Å². The van der Waals surface area contributed by atoms with Gasteiger partial charge in [-0.2, -0.15) is 0 Å². The second-order valence-electron chi connectivity index (χ2n) is 6.24. The predicted molar refractivity (Wildman–Crippen MR) is 67.5 cm³/mol. The molecule has 0 aromatic heterocycles. The molecule has 0 aromatic carbocycles. The smallest absolute Gasteiger partial charge is 0.0554 e. The fraction of sp³-hybridized carbons (Fsp3) is 1.00. The zero-order chi connectivity index (χ0) is 11.4. The first-order valence-electron chi connectivity index (χ1n) is 7.00. The molecule has 2 fully saturated rings. The van der Waals surface area contributed by atoms with E-state index in [-0.39, 0.29) is 0 Å². The van der Waals surface area contributed by atoms with E-state index in [9.17, 15) is 0 Å². The lowest BCUT2D eigenvalue weighted by Gasteiger charge is -2.39. The molecule has 0 radical (unpaired) electrons. The Bertz CT molecular complexity index is 213. The fourth-order valence-electron chi connectivity index (χ4n) is 3.09. The van der Waals surface area contributed by atoms with Crippen LogP contribution in [0.25, 0.3) is 0 Å². The van der Waals surface area contributed by atoms with Gasteiger partial charge in [0, 0.05) is 12.0 Å². The van der Waals surface area contributed by atoms with Gasteiger partial charge in [0.1, 0.15) is 0 Å². The molecule has 0 aromatic rings. The van der Waals surface area contributed by atoms with Crippen molar-refractivity contribution in [3.8, 4) is 0 Å². The van der Waals surface area contributed by atoms with Crippen molar-refractivity contribution in [2.45, 2.75) is 46.0 Å². The zero-order valence-corrected chi connectivity index (χ0v) is 10.9. The van der Waals surface area contributed by atoms with Crippen molar-refractivity contribution in [2.75, 3.05) is 26.3 Å². The van der Waals surface area contributed by atoms with Gasteiger partial charge in [-0.3, -0.25) is 0 Å². The largest absolute Gasteiger partial charge is 0.380 e. The van der Waals surface area contributed by atoms with Crippen molar-refractivity contribution in [1.82, 2.24) is 5.32 Å². The molecule has 0 spiro atoms. The van der Waals surface area contributed by atoms with Crippen LogP contribution in [0.4, 0.5) is 0 Å². The lowest BCUT2D eigenvalue weighted by Crippen LogP contribution is -2.48. The maximum atomic E-state index is 5.27. The predicted octanol–water partition coefficient (Wildman–Crippen LogP) is 2.83. The molecule has 1 saturated heterocycles. The molecule has 1 heterocycles. The van der Waals surface area contributed by atoms with E-state index in [1.807, 2.05) is 0 Å². The van der Waals surface area contributed by atoms with Crippen LogP contribution in [0.3, 0.4) is 0 Å². The molecule has 2 nitrogen and oxygen atoms in total. The molecule has 16 heavy (non-hydrogen) atoms. The summed E-state index contributed by atoms with van der Waals surface area (Å²) in [5.74, 6) is 1.94. The molecule has 1 aliphatic heterocycles. The third-order valence-electron chi connectivity index (χ3n) is 4.35. The highest BCUT2D eigenvalue weighted by atomic mass is 16.5. The van der Waals surface area contributed by atoms with Crippen molar-refractivity contribution >= 4 is 0 Å². The molecule has 1 N–H and O–H groups in total. The molecular weight excluding hydrogens is 198 g/mol. The van der Waals surface area contributed by atoms with Gasteiger partial charge in [0.15, 0.2) is 0 Å². The third-order valence-corrected chi connectivity index (χ3v) is 4.35. The summed E-state index contributed by atoms with van der Waals surface area (Å²) in [6.45, 7) is 8.92. The van der Waals surface area contributed by atoms with E-state index in [4.69, 9.17) is 4.74 Å². The van der Waals surface area contributed by atoms with E-state index in [1.165, 1.54) is 38.6 Å². The molecule has 2 heteroatoms. The lowest BCUT2D eigenvalue weighted by atomic mass is 9.80. The Morgan fingerprint density at radius 3 is 2.62 bits per heavy atom. The maximum Gasteiger partial charge on any atom is 0.0554 e. The van der Waals surface area contributed by atoms with Crippen LogP contribution in [0.1, 0.15) is 46.0 Å². The minimum atomic E-state index is 0.429. The molecule has 0 amide bonds. The van der Waals surface area contributed by atoms with Gasteiger partial charge < -0.3 is 10.1 Å². The second-order valence-corrected chi connectivity index (χ2v) is 6.24.